The lowest BCUT2D eigenvalue weighted by atomic mass is 10.1. The number of esters is 1. The number of carbonyl (C=O) groups excluding carboxylic acids is 1. The molecule has 1 aromatic carbocycles. The molecule has 4 nitrogen and oxygen atoms in total. The Morgan fingerprint density at radius 1 is 1.44 bits per heavy atom. The third-order valence-corrected chi connectivity index (χ3v) is 3.27. The molecule has 0 bridgehead atoms. The smallest absolute Gasteiger partial charge is 0.343 e. The van der Waals surface area contributed by atoms with Crippen molar-refractivity contribution in [3.05, 3.63) is 43.2 Å². The van der Waals surface area contributed by atoms with Crippen LogP contribution in [0, 0.1) is 10.5 Å². The molecule has 0 saturated carbocycles. The molecule has 0 radical (unpaired) electrons. The fourth-order valence-electron chi connectivity index (χ4n) is 1.83. The molecule has 0 atom stereocenters. The Kier molecular flexibility index (Phi) is 3.70. The summed E-state index contributed by atoms with van der Waals surface area (Å²) in [6.45, 7) is 3.88. The van der Waals surface area contributed by atoms with Crippen molar-refractivity contribution in [1.29, 1.82) is 0 Å². The molecule has 2 rings (SSSR count). The van der Waals surface area contributed by atoms with E-state index in [1.165, 1.54) is 6.20 Å². The number of nitrogens with one attached hydrogen (secondary N) is 1. The first-order valence-electron chi connectivity index (χ1n) is 5.53. The monoisotopic (exact) mass is 357 g/mol. The van der Waals surface area contributed by atoms with Crippen LogP contribution >= 0.6 is 22.6 Å². The van der Waals surface area contributed by atoms with Gasteiger partial charge in [0, 0.05) is 15.2 Å². The SMILES string of the molecule is CCOC(=O)c1c[nH]c2c(C)cc(I)cc2c1=O. The normalized spacial score (nSPS) is 10.6. The molecule has 0 aliphatic carbocycles. The molecule has 94 valence electrons. The standard InChI is InChI=1S/C13H12INO3/c1-3-18-13(17)10-6-15-11-7(2)4-8(14)5-9(11)12(10)16/h4-6H,3H2,1-2H3,(H,15,16). The lowest BCUT2D eigenvalue weighted by molar-refractivity contribution is 0.0524. The summed E-state index contributed by atoms with van der Waals surface area (Å²) in [5.41, 5.74) is 1.49. The Labute approximate surface area is 117 Å². The first kappa shape index (κ1) is 13.1. The van der Waals surface area contributed by atoms with Crippen molar-refractivity contribution in [2.75, 3.05) is 6.61 Å². The molecule has 0 spiro atoms. The lowest BCUT2D eigenvalue weighted by Crippen LogP contribution is -2.18. The molecular weight excluding hydrogens is 345 g/mol. The van der Waals surface area contributed by atoms with Crippen LogP contribution in [0.2, 0.25) is 0 Å². The third kappa shape index (κ3) is 2.27. The summed E-state index contributed by atoms with van der Waals surface area (Å²) >= 11 is 2.15. The Hall–Kier alpha value is -1.37. The number of H-pyrrole nitrogens is 1. The van der Waals surface area contributed by atoms with E-state index in [1.807, 2.05) is 13.0 Å². The molecule has 0 saturated heterocycles. The number of rotatable bonds is 2. The summed E-state index contributed by atoms with van der Waals surface area (Å²) in [4.78, 5) is 26.9. The number of benzene rings is 1. The fraction of sp³-hybridized carbons (Fsp3) is 0.231. The average Bonchev–Trinajstić information content (AvgIpc) is 2.30. The number of fused-ring (bicyclic) bond motifs is 1. The van der Waals surface area contributed by atoms with Gasteiger partial charge in [-0.2, -0.15) is 0 Å². The minimum absolute atomic E-state index is 0.0470. The summed E-state index contributed by atoms with van der Waals surface area (Å²) in [5.74, 6) is -0.586. The van der Waals surface area contributed by atoms with Crippen molar-refractivity contribution in [1.82, 2.24) is 4.98 Å². The van der Waals surface area contributed by atoms with Crippen LogP contribution in [0.3, 0.4) is 0 Å². The zero-order valence-electron chi connectivity index (χ0n) is 10.0. The van der Waals surface area contributed by atoms with Gasteiger partial charge in [-0.25, -0.2) is 4.79 Å². The molecular formula is C13H12INO3. The molecule has 1 heterocycles. The van der Waals surface area contributed by atoms with E-state index >= 15 is 0 Å². The van der Waals surface area contributed by atoms with Crippen LogP contribution < -0.4 is 5.43 Å². The number of ether oxygens (including phenoxy) is 1. The fourth-order valence-corrected chi connectivity index (χ4v) is 2.61. The maximum Gasteiger partial charge on any atom is 0.343 e. The van der Waals surface area contributed by atoms with E-state index < -0.39 is 5.97 Å². The number of carbonyl (C=O) groups is 1. The quantitative estimate of drug-likeness (QED) is 0.664. The first-order chi connectivity index (χ1) is 8.54. The van der Waals surface area contributed by atoms with Crippen molar-refractivity contribution in [2.24, 2.45) is 0 Å². The summed E-state index contributed by atoms with van der Waals surface area (Å²) in [7, 11) is 0. The minimum atomic E-state index is -0.586. The molecule has 0 aliphatic rings. The number of pyridine rings is 1. The van der Waals surface area contributed by atoms with E-state index in [0.717, 1.165) is 14.7 Å². The molecule has 0 unspecified atom stereocenters. The van der Waals surface area contributed by atoms with Gasteiger partial charge in [-0.15, -0.1) is 0 Å². The number of halogens is 1. The van der Waals surface area contributed by atoms with Crippen molar-refractivity contribution < 1.29 is 9.53 Å². The second-order valence-corrected chi connectivity index (χ2v) is 5.14. The topological polar surface area (TPSA) is 59.2 Å². The second kappa shape index (κ2) is 5.09. The summed E-state index contributed by atoms with van der Waals surface area (Å²) < 4.78 is 5.82. The highest BCUT2D eigenvalue weighted by Gasteiger charge is 2.14. The van der Waals surface area contributed by atoms with Gasteiger partial charge in [0.1, 0.15) is 5.56 Å². The number of aromatic nitrogens is 1. The third-order valence-electron chi connectivity index (χ3n) is 2.65. The molecule has 0 aliphatic heterocycles. The van der Waals surface area contributed by atoms with Crippen LogP contribution in [0.1, 0.15) is 22.8 Å². The zero-order valence-corrected chi connectivity index (χ0v) is 12.2. The van der Waals surface area contributed by atoms with Crippen molar-refractivity contribution in [3.8, 4) is 0 Å². The molecule has 0 fully saturated rings. The van der Waals surface area contributed by atoms with Gasteiger partial charge in [-0.1, -0.05) is 0 Å². The largest absolute Gasteiger partial charge is 0.462 e. The molecule has 5 heteroatoms. The minimum Gasteiger partial charge on any atom is -0.462 e. The average molecular weight is 357 g/mol. The van der Waals surface area contributed by atoms with E-state index in [4.69, 9.17) is 4.74 Å². The summed E-state index contributed by atoms with van der Waals surface area (Å²) in [6.07, 6.45) is 1.42. The molecule has 1 aromatic heterocycles. The van der Waals surface area contributed by atoms with E-state index in [2.05, 4.69) is 27.6 Å². The molecule has 2 aromatic rings. The zero-order chi connectivity index (χ0) is 13.3. The highest BCUT2D eigenvalue weighted by molar-refractivity contribution is 14.1. The van der Waals surface area contributed by atoms with Crippen molar-refractivity contribution in [2.45, 2.75) is 13.8 Å². The Morgan fingerprint density at radius 2 is 2.17 bits per heavy atom. The van der Waals surface area contributed by atoms with Gasteiger partial charge in [0.15, 0.2) is 0 Å². The second-order valence-electron chi connectivity index (χ2n) is 3.90. The van der Waals surface area contributed by atoms with Gasteiger partial charge in [-0.05, 0) is 54.1 Å². The predicted molar refractivity (Wildman–Crippen MR) is 78.0 cm³/mol. The van der Waals surface area contributed by atoms with E-state index in [9.17, 15) is 9.59 Å². The lowest BCUT2D eigenvalue weighted by Gasteiger charge is -2.06. The maximum absolute atomic E-state index is 12.2. The molecule has 18 heavy (non-hydrogen) atoms. The van der Waals surface area contributed by atoms with Crippen molar-refractivity contribution in [3.63, 3.8) is 0 Å². The predicted octanol–water partition coefficient (Wildman–Crippen LogP) is 2.62. The summed E-state index contributed by atoms with van der Waals surface area (Å²) in [5, 5.41) is 0.518. The number of aromatic amines is 1. The van der Waals surface area contributed by atoms with Crippen LogP contribution in [0.5, 0.6) is 0 Å². The van der Waals surface area contributed by atoms with E-state index in [1.54, 1.807) is 13.0 Å². The number of hydrogen-bond donors (Lipinski definition) is 1. The highest BCUT2D eigenvalue weighted by atomic mass is 127. The molecule has 0 amide bonds. The van der Waals surface area contributed by atoms with Gasteiger partial charge < -0.3 is 9.72 Å². The van der Waals surface area contributed by atoms with Gasteiger partial charge in [0.25, 0.3) is 0 Å². The van der Waals surface area contributed by atoms with E-state index in [0.29, 0.717) is 5.39 Å². The van der Waals surface area contributed by atoms with Gasteiger partial charge in [0.05, 0.1) is 12.1 Å². The maximum atomic E-state index is 12.2. The van der Waals surface area contributed by atoms with Gasteiger partial charge in [0.2, 0.25) is 5.43 Å². The Balaban J connectivity index is 2.71. The van der Waals surface area contributed by atoms with Crippen LogP contribution in [-0.4, -0.2) is 17.6 Å². The summed E-state index contributed by atoms with van der Waals surface area (Å²) in [6, 6.07) is 3.74. The van der Waals surface area contributed by atoms with Crippen LogP contribution in [0.25, 0.3) is 10.9 Å². The van der Waals surface area contributed by atoms with Crippen molar-refractivity contribution >= 4 is 39.5 Å². The van der Waals surface area contributed by atoms with Gasteiger partial charge in [-0.3, -0.25) is 4.79 Å². The number of hydrogen-bond acceptors (Lipinski definition) is 3. The van der Waals surface area contributed by atoms with Gasteiger partial charge >= 0.3 is 5.97 Å². The van der Waals surface area contributed by atoms with Crippen LogP contribution in [0.4, 0.5) is 0 Å². The molecule has 1 N–H and O–H groups in total. The van der Waals surface area contributed by atoms with Crippen LogP contribution in [-0.2, 0) is 4.74 Å². The number of aryl methyl sites for hydroxylation is 1. The van der Waals surface area contributed by atoms with Crippen LogP contribution in [0.15, 0.2) is 23.1 Å². The Bertz CT molecular complexity index is 676. The first-order valence-corrected chi connectivity index (χ1v) is 6.61. The van der Waals surface area contributed by atoms with E-state index in [-0.39, 0.29) is 17.6 Å². The Morgan fingerprint density at radius 3 is 2.83 bits per heavy atom. The highest BCUT2D eigenvalue weighted by Crippen LogP contribution is 2.17.